The fourth-order valence-corrected chi connectivity index (χ4v) is 6.71. The van der Waals surface area contributed by atoms with E-state index in [1.165, 1.54) is 11.8 Å². The molecule has 0 aromatic heterocycles. The van der Waals surface area contributed by atoms with Gasteiger partial charge in [-0.1, -0.05) is 42.5 Å². The predicted octanol–water partition coefficient (Wildman–Crippen LogP) is 2.91. The monoisotopic (exact) mass is 481 g/mol. The number of likely N-dealkylation sites (tertiary alicyclic amines) is 2. The lowest BCUT2D eigenvalue weighted by Crippen LogP contribution is -2.44. The normalized spacial score (nSPS) is 25.3. The Labute approximate surface area is 203 Å². The highest BCUT2D eigenvalue weighted by molar-refractivity contribution is 7.90. The van der Waals surface area contributed by atoms with Crippen molar-refractivity contribution >= 4 is 15.7 Å². The fraction of sp³-hybridized carbons (Fsp3) is 0.519. The van der Waals surface area contributed by atoms with Crippen LogP contribution in [0.1, 0.15) is 36.3 Å². The summed E-state index contributed by atoms with van der Waals surface area (Å²) in [5.74, 6) is 1.44. The molecule has 3 aliphatic rings. The van der Waals surface area contributed by atoms with E-state index < -0.39 is 9.84 Å². The molecule has 3 aliphatic heterocycles. The minimum Gasteiger partial charge on any atom is -0.338 e. The van der Waals surface area contributed by atoms with Crippen LogP contribution in [-0.2, 0) is 21.2 Å². The molecule has 0 saturated carbocycles. The largest absolute Gasteiger partial charge is 0.338 e. The maximum absolute atomic E-state index is 12.8. The maximum Gasteiger partial charge on any atom is 0.223 e. The average molecular weight is 482 g/mol. The first-order valence-electron chi connectivity index (χ1n) is 12.4. The Morgan fingerprint density at radius 2 is 1.71 bits per heavy atom. The van der Waals surface area contributed by atoms with Crippen LogP contribution in [0.15, 0.2) is 59.5 Å². The van der Waals surface area contributed by atoms with Gasteiger partial charge in [-0.2, -0.15) is 0 Å². The van der Waals surface area contributed by atoms with Crippen LogP contribution in [-0.4, -0.2) is 69.6 Å². The summed E-state index contributed by atoms with van der Waals surface area (Å²) in [5.41, 5.74) is 2.51. The molecule has 1 N–H and O–H groups in total. The lowest BCUT2D eigenvalue weighted by molar-refractivity contribution is -0.128. The number of hydrogen-bond acceptors (Lipinski definition) is 5. The molecule has 0 radical (unpaired) electrons. The molecule has 2 unspecified atom stereocenters. The summed E-state index contributed by atoms with van der Waals surface area (Å²) in [5, 5.41) is 3.59. The zero-order valence-corrected chi connectivity index (χ0v) is 20.8. The molecule has 0 aliphatic carbocycles. The topological polar surface area (TPSA) is 69.7 Å². The molecular formula is C27H35N3O3S. The first kappa shape index (κ1) is 23.5. The summed E-state index contributed by atoms with van der Waals surface area (Å²) < 4.78 is 23.4. The van der Waals surface area contributed by atoms with Crippen LogP contribution >= 0.6 is 0 Å². The third-order valence-electron chi connectivity index (χ3n) is 8.11. The molecule has 3 heterocycles. The number of piperidine rings is 1. The fourth-order valence-electron chi connectivity index (χ4n) is 6.08. The van der Waals surface area contributed by atoms with Crippen molar-refractivity contribution in [1.29, 1.82) is 0 Å². The second-order valence-electron chi connectivity index (χ2n) is 10.6. The Kier molecular flexibility index (Phi) is 6.53. The number of nitrogens with one attached hydrogen (secondary N) is 1. The van der Waals surface area contributed by atoms with Gasteiger partial charge in [-0.25, -0.2) is 8.42 Å². The van der Waals surface area contributed by atoms with Gasteiger partial charge < -0.3 is 15.1 Å². The van der Waals surface area contributed by atoms with Crippen molar-refractivity contribution < 1.29 is 13.2 Å². The van der Waals surface area contributed by atoms with Crippen molar-refractivity contribution in [3.63, 3.8) is 0 Å². The minimum atomic E-state index is -3.20. The number of benzene rings is 2. The van der Waals surface area contributed by atoms with Crippen LogP contribution in [0.2, 0.25) is 0 Å². The molecule has 2 atom stereocenters. The van der Waals surface area contributed by atoms with Gasteiger partial charge in [-0.3, -0.25) is 4.79 Å². The van der Waals surface area contributed by atoms with Gasteiger partial charge in [0.2, 0.25) is 5.91 Å². The van der Waals surface area contributed by atoms with E-state index in [-0.39, 0.29) is 11.3 Å². The quantitative estimate of drug-likeness (QED) is 0.687. The molecule has 7 heteroatoms. The molecule has 34 heavy (non-hydrogen) atoms. The molecule has 2 aromatic carbocycles. The number of rotatable bonds is 6. The smallest absolute Gasteiger partial charge is 0.223 e. The van der Waals surface area contributed by atoms with Gasteiger partial charge in [0.15, 0.2) is 9.84 Å². The maximum atomic E-state index is 12.8. The number of amides is 1. The van der Waals surface area contributed by atoms with E-state index in [9.17, 15) is 13.2 Å². The number of sulfone groups is 1. The van der Waals surface area contributed by atoms with Crippen LogP contribution in [0, 0.1) is 11.3 Å². The average Bonchev–Trinajstić information content (AvgIpc) is 3.40. The van der Waals surface area contributed by atoms with E-state index in [0.29, 0.717) is 29.7 Å². The van der Waals surface area contributed by atoms with E-state index in [4.69, 9.17) is 0 Å². The van der Waals surface area contributed by atoms with Crippen LogP contribution in [0.25, 0.3) is 0 Å². The standard InChI is InChI=1S/C27H35N3O3S/c1-34(32,33)24-9-7-21(8-10-24)18-30-20-27(15-26(30)31)11-13-29(14-12-27)19-23-16-28-17-25(23)22-5-3-2-4-6-22/h2-10,23,25,28H,11-20H2,1H3. The summed E-state index contributed by atoms with van der Waals surface area (Å²) in [4.78, 5) is 17.7. The van der Waals surface area contributed by atoms with Crippen LogP contribution in [0.5, 0.6) is 0 Å². The summed E-state index contributed by atoms with van der Waals surface area (Å²) >= 11 is 0. The SMILES string of the molecule is CS(=O)(=O)c1ccc(CN2CC3(CCN(CC4CNCC4c4ccccc4)CC3)CC2=O)cc1. The molecule has 2 aromatic rings. The summed E-state index contributed by atoms with van der Waals surface area (Å²) in [7, 11) is -3.20. The zero-order chi connectivity index (χ0) is 23.8. The first-order valence-corrected chi connectivity index (χ1v) is 14.3. The first-order chi connectivity index (χ1) is 16.3. The Hall–Kier alpha value is -2.22. The summed E-state index contributed by atoms with van der Waals surface area (Å²) in [6, 6.07) is 17.8. The molecule has 1 amide bonds. The second kappa shape index (κ2) is 9.44. The van der Waals surface area contributed by atoms with Crippen LogP contribution in [0.3, 0.4) is 0 Å². The van der Waals surface area contributed by atoms with Gasteiger partial charge in [-0.15, -0.1) is 0 Å². The zero-order valence-electron chi connectivity index (χ0n) is 19.9. The van der Waals surface area contributed by atoms with E-state index in [2.05, 4.69) is 40.5 Å². The van der Waals surface area contributed by atoms with Crippen molar-refractivity contribution in [2.75, 3.05) is 45.5 Å². The Bertz CT molecular complexity index is 1110. The molecule has 5 rings (SSSR count). The van der Waals surface area contributed by atoms with Gasteiger partial charge in [-0.05, 0) is 67.1 Å². The number of nitrogens with zero attached hydrogens (tertiary/aromatic N) is 2. The molecule has 1 spiro atoms. The van der Waals surface area contributed by atoms with E-state index in [1.807, 2.05) is 17.0 Å². The van der Waals surface area contributed by atoms with Crippen LogP contribution < -0.4 is 5.32 Å². The highest BCUT2D eigenvalue weighted by atomic mass is 32.2. The Morgan fingerprint density at radius 3 is 2.38 bits per heavy atom. The second-order valence-corrected chi connectivity index (χ2v) is 12.6. The molecule has 6 nitrogen and oxygen atoms in total. The molecule has 3 saturated heterocycles. The number of carbonyl (C=O) groups excluding carboxylic acids is 1. The lowest BCUT2D eigenvalue weighted by Gasteiger charge is -2.40. The molecule has 182 valence electrons. The van der Waals surface area contributed by atoms with E-state index >= 15 is 0 Å². The third-order valence-corrected chi connectivity index (χ3v) is 9.24. The number of hydrogen-bond donors (Lipinski definition) is 1. The van der Waals surface area contributed by atoms with Crippen LogP contribution in [0.4, 0.5) is 0 Å². The van der Waals surface area contributed by atoms with Crippen molar-refractivity contribution in [3.05, 3.63) is 65.7 Å². The van der Waals surface area contributed by atoms with Crippen molar-refractivity contribution in [2.24, 2.45) is 11.3 Å². The van der Waals surface area contributed by atoms with Gasteiger partial charge in [0.05, 0.1) is 4.90 Å². The molecule has 0 bridgehead atoms. The highest BCUT2D eigenvalue weighted by Crippen LogP contribution is 2.42. The van der Waals surface area contributed by atoms with Gasteiger partial charge in [0, 0.05) is 44.8 Å². The minimum absolute atomic E-state index is 0.0903. The van der Waals surface area contributed by atoms with Gasteiger partial charge >= 0.3 is 0 Å². The lowest BCUT2D eigenvalue weighted by atomic mass is 9.77. The summed E-state index contributed by atoms with van der Waals surface area (Å²) in [6.45, 7) is 6.73. The van der Waals surface area contributed by atoms with Gasteiger partial charge in [0.1, 0.15) is 0 Å². The van der Waals surface area contributed by atoms with Crippen molar-refractivity contribution in [3.8, 4) is 0 Å². The summed E-state index contributed by atoms with van der Waals surface area (Å²) in [6.07, 6.45) is 3.99. The third kappa shape index (κ3) is 5.07. The molecule has 3 fully saturated rings. The van der Waals surface area contributed by atoms with Crippen molar-refractivity contribution in [1.82, 2.24) is 15.1 Å². The van der Waals surface area contributed by atoms with E-state index in [0.717, 1.165) is 57.7 Å². The molecular weight excluding hydrogens is 446 g/mol. The van der Waals surface area contributed by atoms with Gasteiger partial charge in [0.25, 0.3) is 0 Å². The highest BCUT2D eigenvalue weighted by Gasteiger charge is 2.45. The van der Waals surface area contributed by atoms with Crippen molar-refractivity contribution in [2.45, 2.75) is 36.6 Å². The predicted molar refractivity (Wildman–Crippen MR) is 133 cm³/mol. The Balaban J connectivity index is 1.15. The van der Waals surface area contributed by atoms with E-state index in [1.54, 1.807) is 12.1 Å². The number of carbonyl (C=O) groups is 1. The Morgan fingerprint density at radius 1 is 1.00 bits per heavy atom.